The first-order valence-electron chi connectivity index (χ1n) is 6.45. The lowest BCUT2D eigenvalue weighted by Crippen LogP contribution is -2.34. The summed E-state index contributed by atoms with van der Waals surface area (Å²) < 4.78 is 0. The van der Waals surface area contributed by atoms with E-state index >= 15 is 0 Å². The van der Waals surface area contributed by atoms with E-state index in [9.17, 15) is 4.79 Å². The lowest BCUT2D eigenvalue weighted by atomic mass is 10.1. The Kier molecular flexibility index (Phi) is 5.35. The molecule has 1 aromatic rings. The Morgan fingerprint density at radius 3 is 2.28 bits per heavy atom. The second-order valence-electron chi connectivity index (χ2n) is 5.01. The second-order valence-corrected chi connectivity index (χ2v) is 5.01. The molecule has 0 fully saturated rings. The van der Waals surface area contributed by atoms with Crippen molar-refractivity contribution in [3.8, 4) is 0 Å². The predicted octanol–water partition coefficient (Wildman–Crippen LogP) is 2.99. The minimum Gasteiger partial charge on any atom is -0.481 e. The SMILES string of the molecule is CCN(Cc1cc(C)cc(C)c1)C(C)CC(=O)O. The van der Waals surface area contributed by atoms with Crippen molar-refractivity contribution in [1.29, 1.82) is 0 Å². The molecule has 1 N–H and O–H groups in total. The van der Waals surface area contributed by atoms with Crippen molar-refractivity contribution >= 4 is 5.97 Å². The van der Waals surface area contributed by atoms with Crippen LogP contribution in [0.1, 0.15) is 37.0 Å². The van der Waals surface area contributed by atoms with Gasteiger partial charge in [-0.1, -0.05) is 36.2 Å². The first kappa shape index (κ1) is 14.7. The minimum absolute atomic E-state index is 0.0633. The molecule has 0 radical (unpaired) electrons. The number of carbonyl (C=O) groups is 1. The number of benzene rings is 1. The standard InChI is InChI=1S/C15H23NO2/c1-5-16(13(4)9-15(17)18)10-14-7-11(2)6-12(3)8-14/h6-8,13H,5,9-10H2,1-4H3,(H,17,18). The summed E-state index contributed by atoms with van der Waals surface area (Å²) >= 11 is 0. The van der Waals surface area contributed by atoms with Crippen LogP contribution >= 0.6 is 0 Å². The van der Waals surface area contributed by atoms with Gasteiger partial charge in [0, 0.05) is 12.6 Å². The molecule has 1 atom stereocenters. The third kappa shape index (κ3) is 4.49. The van der Waals surface area contributed by atoms with Crippen LogP contribution < -0.4 is 0 Å². The van der Waals surface area contributed by atoms with Crippen LogP contribution in [-0.2, 0) is 11.3 Å². The molecule has 1 aromatic carbocycles. The lowest BCUT2D eigenvalue weighted by Gasteiger charge is -2.27. The van der Waals surface area contributed by atoms with Crippen LogP contribution in [0.3, 0.4) is 0 Å². The van der Waals surface area contributed by atoms with Gasteiger partial charge in [-0.3, -0.25) is 9.69 Å². The van der Waals surface area contributed by atoms with Gasteiger partial charge in [0.05, 0.1) is 6.42 Å². The molecular formula is C15H23NO2. The van der Waals surface area contributed by atoms with E-state index in [0.717, 1.165) is 13.1 Å². The van der Waals surface area contributed by atoms with Crippen molar-refractivity contribution in [1.82, 2.24) is 4.90 Å². The van der Waals surface area contributed by atoms with Gasteiger partial charge in [-0.25, -0.2) is 0 Å². The second kappa shape index (κ2) is 6.55. The first-order valence-corrected chi connectivity index (χ1v) is 6.45. The molecule has 0 bridgehead atoms. The van der Waals surface area contributed by atoms with Crippen molar-refractivity contribution in [2.24, 2.45) is 0 Å². The average Bonchev–Trinajstić information content (AvgIpc) is 2.23. The van der Waals surface area contributed by atoms with Crippen LogP contribution in [0.4, 0.5) is 0 Å². The van der Waals surface area contributed by atoms with Gasteiger partial charge >= 0.3 is 5.97 Å². The van der Waals surface area contributed by atoms with E-state index in [2.05, 4.69) is 43.9 Å². The van der Waals surface area contributed by atoms with Crippen LogP contribution in [0.5, 0.6) is 0 Å². The van der Waals surface area contributed by atoms with Crippen molar-refractivity contribution in [2.75, 3.05) is 6.54 Å². The highest BCUT2D eigenvalue weighted by atomic mass is 16.4. The fourth-order valence-corrected chi connectivity index (χ4v) is 2.36. The monoisotopic (exact) mass is 249 g/mol. The summed E-state index contributed by atoms with van der Waals surface area (Å²) in [5, 5.41) is 8.86. The van der Waals surface area contributed by atoms with Crippen LogP contribution in [0.25, 0.3) is 0 Å². The van der Waals surface area contributed by atoms with Crippen molar-refractivity contribution in [3.63, 3.8) is 0 Å². The summed E-state index contributed by atoms with van der Waals surface area (Å²) in [5.41, 5.74) is 3.77. The normalized spacial score (nSPS) is 12.7. The topological polar surface area (TPSA) is 40.5 Å². The van der Waals surface area contributed by atoms with Crippen molar-refractivity contribution in [3.05, 3.63) is 34.9 Å². The van der Waals surface area contributed by atoms with Gasteiger partial charge in [0.1, 0.15) is 0 Å². The maximum Gasteiger partial charge on any atom is 0.304 e. The molecule has 1 rings (SSSR count). The molecule has 0 aliphatic carbocycles. The Morgan fingerprint density at radius 1 is 1.28 bits per heavy atom. The molecule has 0 aliphatic rings. The van der Waals surface area contributed by atoms with E-state index in [1.165, 1.54) is 16.7 Å². The fraction of sp³-hybridized carbons (Fsp3) is 0.533. The van der Waals surface area contributed by atoms with Crippen molar-refractivity contribution in [2.45, 2.75) is 46.7 Å². The largest absolute Gasteiger partial charge is 0.481 e. The van der Waals surface area contributed by atoms with Crippen LogP contribution in [0.15, 0.2) is 18.2 Å². The Morgan fingerprint density at radius 2 is 1.83 bits per heavy atom. The number of hydrogen-bond donors (Lipinski definition) is 1. The molecule has 0 spiro atoms. The lowest BCUT2D eigenvalue weighted by molar-refractivity contribution is -0.138. The Hall–Kier alpha value is -1.35. The first-order chi connectivity index (χ1) is 8.42. The summed E-state index contributed by atoms with van der Waals surface area (Å²) in [6.07, 6.45) is 0.193. The number of nitrogens with zero attached hydrogens (tertiary/aromatic N) is 1. The van der Waals surface area contributed by atoms with E-state index in [4.69, 9.17) is 5.11 Å². The van der Waals surface area contributed by atoms with Crippen LogP contribution in [-0.4, -0.2) is 28.6 Å². The van der Waals surface area contributed by atoms with E-state index in [0.29, 0.717) is 0 Å². The Bertz CT molecular complexity index is 395. The molecule has 18 heavy (non-hydrogen) atoms. The molecule has 0 saturated heterocycles. The fourth-order valence-electron chi connectivity index (χ4n) is 2.36. The highest BCUT2D eigenvalue weighted by Crippen LogP contribution is 2.14. The molecule has 0 aromatic heterocycles. The maximum absolute atomic E-state index is 10.8. The van der Waals surface area contributed by atoms with E-state index < -0.39 is 5.97 Å². The van der Waals surface area contributed by atoms with Gasteiger partial charge in [-0.05, 0) is 32.9 Å². The van der Waals surface area contributed by atoms with Crippen LogP contribution in [0.2, 0.25) is 0 Å². The van der Waals surface area contributed by atoms with Gasteiger partial charge in [-0.2, -0.15) is 0 Å². The predicted molar refractivity (Wildman–Crippen MR) is 73.7 cm³/mol. The molecule has 3 nitrogen and oxygen atoms in total. The van der Waals surface area contributed by atoms with Gasteiger partial charge in [0.2, 0.25) is 0 Å². The molecule has 3 heteroatoms. The number of rotatable bonds is 6. The number of aryl methyl sites for hydroxylation is 2. The molecule has 0 saturated carbocycles. The van der Waals surface area contributed by atoms with Gasteiger partial charge in [0.25, 0.3) is 0 Å². The van der Waals surface area contributed by atoms with Crippen molar-refractivity contribution < 1.29 is 9.90 Å². The summed E-state index contributed by atoms with van der Waals surface area (Å²) in [7, 11) is 0. The number of carboxylic acid groups (broad SMARTS) is 1. The van der Waals surface area contributed by atoms with Gasteiger partial charge in [0.15, 0.2) is 0 Å². The zero-order valence-corrected chi connectivity index (χ0v) is 11.7. The maximum atomic E-state index is 10.8. The number of carboxylic acids is 1. The Labute approximate surface area is 109 Å². The number of hydrogen-bond acceptors (Lipinski definition) is 2. The molecule has 0 heterocycles. The molecule has 0 aliphatic heterocycles. The number of aliphatic carboxylic acids is 1. The quantitative estimate of drug-likeness (QED) is 0.842. The third-order valence-electron chi connectivity index (χ3n) is 3.17. The minimum atomic E-state index is -0.735. The highest BCUT2D eigenvalue weighted by Gasteiger charge is 2.15. The summed E-state index contributed by atoms with van der Waals surface area (Å²) in [4.78, 5) is 13.0. The molecular weight excluding hydrogens is 226 g/mol. The highest BCUT2D eigenvalue weighted by molar-refractivity contribution is 5.67. The molecule has 0 amide bonds. The van der Waals surface area contributed by atoms with Gasteiger partial charge in [-0.15, -0.1) is 0 Å². The van der Waals surface area contributed by atoms with Gasteiger partial charge < -0.3 is 5.11 Å². The summed E-state index contributed by atoms with van der Waals surface area (Å²) in [5.74, 6) is -0.735. The summed E-state index contributed by atoms with van der Waals surface area (Å²) in [6.45, 7) is 9.90. The molecule has 1 unspecified atom stereocenters. The van der Waals surface area contributed by atoms with E-state index in [-0.39, 0.29) is 12.5 Å². The smallest absolute Gasteiger partial charge is 0.304 e. The Balaban J connectivity index is 2.75. The molecule has 100 valence electrons. The van der Waals surface area contributed by atoms with E-state index in [1.807, 2.05) is 6.92 Å². The van der Waals surface area contributed by atoms with E-state index in [1.54, 1.807) is 0 Å². The summed E-state index contributed by atoms with van der Waals surface area (Å²) in [6, 6.07) is 6.56. The zero-order valence-electron chi connectivity index (χ0n) is 11.7. The zero-order chi connectivity index (χ0) is 13.7. The van der Waals surface area contributed by atoms with Crippen LogP contribution in [0, 0.1) is 13.8 Å². The third-order valence-corrected chi connectivity index (χ3v) is 3.17. The average molecular weight is 249 g/mol.